The number of aliphatic hydroxyl groups is 1. The smallest absolute Gasteiger partial charge is 0.338 e. The number of thioether (sulfide) groups is 1. The highest BCUT2D eigenvalue weighted by atomic mass is 32.2. The number of carboxylic acid groups (broad SMARTS) is 1. The van der Waals surface area contributed by atoms with Crippen molar-refractivity contribution < 1.29 is 15.0 Å². The van der Waals surface area contributed by atoms with Crippen LogP contribution in [0.5, 0.6) is 0 Å². The molecule has 0 amide bonds. The molecule has 0 bridgehead atoms. The minimum absolute atomic E-state index is 0.186. The van der Waals surface area contributed by atoms with Gasteiger partial charge in [0.25, 0.3) is 0 Å². The number of aromatic carboxylic acids is 1. The summed E-state index contributed by atoms with van der Waals surface area (Å²) < 4.78 is 0. The van der Waals surface area contributed by atoms with Crippen molar-refractivity contribution in [3.8, 4) is 0 Å². The second-order valence-corrected chi connectivity index (χ2v) is 4.04. The van der Waals surface area contributed by atoms with Gasteiger partial charge < -0.3 is 10.2 Å². The molecular formula is C10H13NO3S. The third kappa shape index (κ3) is 3.53. The largest absolute Gasteiger partial charge is 0.478 e. The van der Waals surface area contributed by atoms with Crippen LogP contribution < -0.4 is 0 Å². The monoisotopic (exact) mass is 227 g/mol. The summed E-state index contributed by atoms with van der Waals surface area (Å²) in [6.07, 6.45) is 1.79. The topological polar surface area (TPSA) is 70.4 Å². The Labute approximate surface area is 92.3 Å². The molecule has 4 nitrogen and oxygen atoms in total. The predicted molar refractivity (Wildman–Crippen MR) is 58.2 cm³/mol. The van der Waals surface area contributed by atoms with Gasteiger partial charge in [-0.2, -0.15) is 0 Å². The lowest BCUT2D eigenvalue weighted by atomic mass is 10.3. The van der Waals surface area contributed by atoms with Crippen molar-refractivity contribution in [1.29, 1.82) is 0 Å². The van der Waals surface area contributed by atoms with Crippen LogP contribution in [0.15, 0.2) is 23.4 Å². The summed E-state index contributed by atoms with van der Waals surface area (Å²) in [4.78, 5) is 14.8. The summed E-state index contributed by atoms with van der Waals surface area (Å²) in [5, 5.41) is 18.7. The van der Waals surface area contributed by atoms with Crippen molar-refractivity contribution >= 4 is 17.7 Å². The number of pyridine rings is 1. The molecule has 0 radical (unpaired) electrons. The van der Waals surface area contributed by atoms with E-state index in [-0.39, 0.29) is 5.56 Å². The summed E-state index contributed by atoms with van der Waals surface area (Å²) in [6, 6.07) is 3.10. The molecule has 1 aromatic rings. The number of nitrogens with zero attached hydrogens (tertiary/aromatic N) is 1. The van der Waals surface area contributed by atoms with Gasteiger partial charge in [0, 0.05) is 11.9 Å². The predicted octanol–water partition coefficient (Wildman–Crippen LogP) is 1.64. The lowest BCUT2D eigenvalue weighted by Crippen LogP contribution is -2.09. The molecule has 1 unspecified atom stereocenters. The molecule has 1 aromatic heterocycles. The van der Waals surface area contributed by atoms with Crippen molar-refractivity contribution in [3.63, 3.8) is 0 Å². The third-order valence-corrected chi connectivity index (χ3v) is 3.04. The Morgan fingerprint density at radius 2 is 2.40 bits per heavy atom. The Kier molecular flexibility index (Phi) is 4.58. The Bertz CT molecular complexity index is 343. The summed E-state index contributed by atoms with van der Waals surface area (Å²) in [7, 11) is 0. The summed E-state index contributed by atoms with van der Waals surface area (Å²) in [5.41, 5.74) is 0.186. The van der Waals surface area contributed by atoms with Gasteiger partial charge in [-0.05, 0) is 18.6 Å². The van der Waals surface area contributed by atoms with E-state index in [0.29, 0.717) is 17.2 Å². The first-order chi connectivity index (χ1) is 7.15. The number of rotatable bonds is 5. The van der Waals surface area contributed by atoms with E-state index in [2.05, 4.69) is 4.98 Å². The van der Waals surface area contributed by atoms with E-state index >= 15 is 0 Å². The van der Waals surface area contributed by atoms with Gasteiger partial charge in [-0.3, -0.25) is 0 Å². The highest BCUT2D eigenvalue weighted by molar-refractivity contribution is 7.99. The molecule has 1 heterocycles. The van der Waals surface area contributed by atoms with Crippen LogP contribution in [0.2, 0.25) is 0 Å². The maximum absolute atomic E-state index is 10.8. The van der Waals surface area contributed by atoms with E-state index in [1.807, 2.05) is 6.92 Å². The fourth-order valence-electron chi connectivity index (χ4n) is 0.962. The first-order valence-electron chi connectivity index (χ1n) is 4.64. The standard InChI is InChI=1S/C10H13NO3S/c1-2-7(12)6-15-9-8(10(13)14)4-3-5-11-9/h3-5,7,12H,2,6H2,1H3,(H,13,14). The molecular weight excluding hydrogens is 214 g/mol. The molecule has 0 aliphatic rings. The van der Waals surface area contributed by atoms with Crippen LogP contribution in [0.1, 0.15) is 23.7 Å². The minimum Gasteiger partial charge on any atom is -0.478 e. The molecule has 2 N–H and O–H groups in total. The number of aromatic nitrogens is 1. The zero-order valence-electron chi connectivity index (χ0n) is 8.38. The van der Waals surface area contributed by atoms with Crippen LogP contribution in [-0.2, 0) is 0 Å². The molecule has 0 aliphatic heterocycles. The van der Waals surface area contributed by atoms with E-state index in [9.17, 15) is 9.90 Å². The molecule has 1 atom stereocenters. The number of carbonyl (C=O) groups is 1. The maximum atomic E-state index is 10.8. The first kappa shape index (κ1) is 12.0. The van der Waals surface area contributed by atoms with E-state index in [1.54, 1.807) is 12.3 Å². The number of hydrogen-bond acceptors (Lipinski definition) is 4. The highest BCUT2D eigenvalue weighted by Crippen LogP contribution is 2.21. The molecule has 0 aliphatic carbocycles. The zero-order valence-corrected chi connectivity index (χ0v) is 9.20. The molecule has 82 valence electrons. The first-order valence-corrected chi connectivity index (χ1v) is 5.63. The van der Waals surface area contributed by atoms with E-state index < -0.39 is 12.1 Å². The van der Waals surface area contributed by atoms with Crippen molar-refractivity contribution in [2.75, 3.05) is 5.75 Å². The summed E-state index contributed by atoms with van der Waals surface area (Å²) in [5.74, 6) is -0.523. The minimum atomic E-state index is -0.989. The van der Waals surface area contributed by atoms with Crippen molar-refractivity contribution in [2.45, 2.75) is 24.5 Å². The van der Waals surface area contributed by atoms with Gasteiger partial charge in [-0.25, -0.2) is 9.78 Å². The lowest BCUT2D eigenvalue weighted by Gasteiger charge is -2.07. The Balaban J connectivity index is 2.72. The van der Waals surface area contributed by atoms with Gasteiger partial charge in [-0.1, -0.05) is 6.92 Å². The van der Waals surface area contributed by atoms with Crippen molar-refractivity contribution in [1.82, 2.24) is 4.98 Å². The number of aliphatic hydroxyl groups excluding tert-OH is 1. The lowest BCUT2D eigenvalue weighted by molar-refractivity contribution is 0.0692. The van der Waals surface area contributed by atoms with Gasteiger partial charge in [0.15, 0.2) is 0 Å². The molecule has 15 heavy (non-hydrogen) atoms. The van der Waals surface area contributed by atoms with Crippen LogP contribution >= 0.6 is 11.8 Å². The summed E-state index contributed by atoms with van der Waals surface area (Å²) >= 11 is 1.27. The molecule has 1 rings (SSSR count). The second kappa shape index (κ2) is 5.72. The molecule has 5 heteroatoms. The van der Waals surface area contributed by atoms with Crippen LogP contribution in [0.3, 0.4) is 0 Å². The van der Waals surface area contributed by atoms with Crippen LogP contribution in [0.4, 0.5) is 0 Å². The fourth-order valence-corrected chi connectivity index (χ4v) is 1.99. The Hall–Kier alpha value is -1.07. The van der Waals surface area contributed by atoms with E-state index in [1.165, 1.54) is 17.8 Å². The normalized spacial score (nSPS) is 12.4. The maximum Gasteiger partial charge on any atom is 0.338 e. The molecule has 0 spiro atoms. The van der Waals surface area contributed by atoms with Crippen LogP contribution in [-0.4, -0.2) is 33.0 Å². The van der Waals surface area contributed by atoms with Gasteiger partial charge in [0.05, 0.1) is 11.7 Å². The van der Waals surface area contributed by atoms with Gasteiger partial charge in [0.1, 0.15) is 5.03 Å². The molecule has 0 saturated heterocycles. The van der Waals surface area contributed by atoms with Gasteiger partial charge in [-0.15, -0.1) is 11.8 Å². The Morgan fingerprint density at radius 3 is 3.00 bits per heavy atom. The zero-order chi connectivity index (χ0) is 11.3. The quantitative estimate of drug-likeness (QED) is 0.748. The molecule has 0 aromatic carbocycles. The average Bonchev–Trinajstić information content (AvgIpc) is 2.26. The Morgan fingerprint density at radius 1 is 1.67 bits per heavy atom. The van der Waals surface area contributed by atoms with E-state index in [4.69, 9.17) is 5.11 Å². The van der Waals surface area contributed by atoms with Crippen LogP contribution in [0.25, 0.3) is 0 Å². The third-order valence-electron chi connectivity index (χ3n) is 1.89. The van der Waals surface area contributed by atoms with Gasteiger partial charge in [0.2, 0.25) is 0 Å². The highest BCUT2D eigenvalue weighted by Gasteiger charge is 2.12. The van der Waals surface area contributed by atoms with Crippen molar-refractivity contribution in [3.05, 3.63) is 23.9 Å². The molecule has 0 saturated carbocycles. The van der Waals surface area contributed by atoms with Crippen LogP contribution in [0, 0.1) is 0 Å². The average molecular weight is 227 g/mol. The molecule has 0 fully saturated rings. The number of hydrogen-bond donors (Lipinski definition) is 2. The van der Waals surface area contributed by atoms with Gasteiger partial charge >= 0.3 is 5.97 Å². The second-order valence-electron chi connectivity index (χ2n) is 3.03. The van der Waals surface area contributed by atoms with Crippen molar-refractivity contribution in [2.24, 2.45) is 0 Å². The number of carboxylic acids is 1. The van der Waals surface area contributed by atoms with E-state index in [0.717, 1.165) is 0 Å². The summed E-state index contributed by atoms with van der Waals surface area (Å²) in [6.45, 7) is 1.88. The SMILES string of the molecule is CCC(O)CSc1ncccc1C(=O)O. The fraction of sp³-hybridized carbons (Fsp3) is 0.400.